The number of piperidine rings is 1. The highest BCUT2D eigenvalue weighted by molar-refractivity contribution is 7.88. The summed E-state index contributed by atoms with van der Waals surface area (Å²) in [5.74, 6) is -0.0993. The molecule has 176 valence electrons. The molecule has 1 aliphatic heterocycles. The lowest BCUT2D eigenvalue weighted by Gasteiger charge is -2.36. The zero-order chi connectivity index (χ0) is 23.6. The highest BCUT2D eigenvalue weighted by Crippen LogP contribution is 2.47. The van der Waals surface area contributed by atoms with Crippen molar-refractivity contribution in [1.82, 2.24) is 9.29 Å². The van der Waals surface area contributed by atoms with Crippen LogP contribution in [0.15, 0.2) is 59.4 Å². The number of hydrogen-bond acceptors (Lipinski definition) is 5. The number of carbonyl (C=O) groups excluding carboxylic acids is 1. The lowest BCUT2D eigenvalue weighted by atomic mass is 9.74. The molecule has 0 saturated carbocycles. The van der Waals surface area contributed by atoms with E-state index in [9.17, 15) is 13.2 Å². The number of nitrogens with zero attached hydrogens (tertiary/aromatic N) is 2. The van der Waals surface area contributed by atoms with Gasteiger partial charge in [-0.05, 0) is 72.6 Å². The number of ether oxygens (including phenoxy) is 1. The van der Waals surface area contributed by atoms with Gasteiger partial charge in [0, 0.05) is 31.3 Å². The minimum atomic E-state index is -3.20. The number of aromatic nitrogens is 1. The van der Waals surface area contributed by atoms with Crippen LogP contribution in [-0.4, -0.2) is 55.0 Å². The first-order valence-electron chi connectivity index (χ1n) is 11.3. The molecule has 8 heteroatoms. The first-order chi connectivity index (χ1) is 15.8. The highest BCUT2D eigenvalue weighted by atomic mass is 35.5. The third-order valence-corrected chi connectivity index (χ3v) is 8.12. The van der Waals surface area contributed by atoms with Crippen molar-refractivity contribution in [2.45, 2.75) is 37.5 Å². The van der Waals surface area contributed by atoms with E-state index in [1.54, 1.807) is 11.2 Å². The maximum absolute atomic E-state index is 12.0. The van der Waals surface area contributed by atoms with Crippen LogP contribution in [0.3, 0.4) is 0 Å². The van der Waals surface area contributed by atoms with E-state index in [0.717, 1.165) is 40.8 Å². The van der Waals surface area contributed by atoms with Crippen molar-refractivity contribution in [1.29, 1.82) is 0 Å². The number of alkyl halides is 1. The first kappa shape index (κ1) is 23.9. The lowest BCUT2D eigenvalue weighted by molar-refractivity contribution is -0.137. The third-order valence-electron chi connectivity index (χ3n) is 6.52. The maximum Gasteiger partial charge on any atom is 0.330 e. The number of halogens is 1. The summed E-state index contributed by atoms with van der Waals surface area (Å²) in [6, 6.07) is 3.95. The Morgan fingerprint density at radius 1 is 1.33 bits per heavy atom. The smallest absolute Gasteiger partial charge is 0.330 e. The van der Waals surface area contributed by atoms with Gasteiger partial charge in [-0.15, -0.1) is 11.6 Å². The predicted octanol–water partition coefficient (Wildman–Crippen LogP) is 4.22. The van der Waals surface area contributed by atoms with E-state index in [-0.39, 0.29) is 23.2 Å². The molecule has 0 bridgehead atoms. The molecule has 2 atom stereocenters. The molecule has 33 heavy (non-hydrogen) atoms. The summed E-state index contributed by atoms with van der Waals surface area (Å²) < 4.78 is 30.7. The van der Waals surface area contributed by atoms with Crippen LogP contribution in [0.5, 0.6) is 0 Å². The van der Waals surface area contributed by atoms with Crippen LogP contribution in [0.25, 0.3) is 6.08 Å². The lowest BCUT2D eigenvalue weighted by Crippen LogP contribution is -2.39. The zero-order valence-corrected chi connectivity index (χ0v) is 20.5. The Balaban J connectivity index is 1.77. The molecule has 1 aromatic heterocycles. The Morgan fingerprint density at radius 2 is 2.09 bits per heavy atom. The molecule has 0 N–H and O–H groups in total. The van der Waals surface area contributed by atoms with Crippen LogP contribution in [0.1, 0.15) is 43.4 Å². The second-order valence-electron chi connectivity index (χ2n) is 8.65. The van der Waals surface area contributed by atoms with E-state index in [4.69, 9.17) is 21.3 Å². The number of hydrogen-bond donors (Lipinski definition) is 0. The molecule has 4 rings (SSSR count). The molecule has 0 spiro atoms. The summed E-state index contributed by atoms with van der Waals surface area (Å²) in [6.07, 6.45) is 14.7. The fourth-order valence-corrected chi connectivity index (χ4v) is 6.10. The number of fused-ring (bicyclic) bond motifs is 1. The van der Waals surface area contributed by atoms with Crippen molar-refractivity contribution in [3.8, 4) is 0 Å². The van der Waals surface area contributed by atoms with Crippen LogP contribution in [0, 0.1) is 5.92 Å². The fraction of sp³-hybridized carbons (Fsp3) is 0.440. The van der Waals surface area contributed by atoms with Gasteiger partial charge in [0.25, 0.3) is 0 Å². The standard InChI is InChI=1S/C25H29ClN2O4S/c1-3-32-23(29)9-6-18-15-19-5-4-12-27-25(19)24(21-8-7-20(26)16-22(18)21)17-10-13-28(14-11-17)33(2,30)31/h4-9,12,15,17,20,24H,3,10-11,13-14,16H2,1-2H3/b9-6+. The van der Waals surface area contributed by atoms with Gasteiger partial charge in [-0.1, -0.05) is 18.2 Å². The van der Waals surface area contributed by atoms with Gasteiger partial charge in [-0.2, -0.15) is 0 Å². The van der Waals surface area contributed by atoms with Crippen LogP contribution < -0.4 is 0 Å². The molecule has 2 heterocycles. The van der Waals surface area contributed by atoms with Gasteiger partial charge in [0.05, 0.1) is 23.9 Å². The number of sulfonamides is 1. The molecule has 2 aliphatic carbocycles. The first-order valence-corrected chi connectivity index (χ1v) is 13.6. The molecule has 0 aromatic carbocycles. The largest absolute Gasteiger partial charge is 0.463 e. The summed E-state index contributed by atoms with van der Waals surface area (Å²) in [7, 11) is -3.20. The van der Waals surface area contributed by atoms with Crippen LogP contribution in [0.2, 0.25) is 0 Å². The van der Waals surface area contributed by atoms with Gasteiger partial charge in [-0.3, -0.25) is 4.98 Å². The Morgan fingerprint density at radius 3 is 2.79 bits per heavy atom. The van der Waals surface area contributed by atoms with E-state index >= 15 is 0 Å². The molecular formula is C25H29ClN2O4S. The van der Waals surface area contributed by atoms with Crippen molar-refractivity contribution in [3.63, 3.8) is 0 Å². The average Bonchev–Trinajstić information content (AvgIpc) is 2.91. The van der Waals surface area contributed by atoms with Crippen LogP contribution in [-0.2, 0) is 19.6 Å². The SMILES string of the molecule is CCOC(=O)/C=C/C1=Cc2cccnc2C(C2CCN(S(C)(=O)=O)CC2)C2=C1CC(Cl)C=C2. The topological polar surface area (TPSA) is 76.6 Å². The van der Waals surface area contributed by atoms with Crippen molar-refractivity contribution in [3.05, 3.63) is 70.6 Å². The highest BCUT2D eigenvalue weighted by Gasteiger charge is 2.37. The number of carbonyl (C=O) groups is 1. The predicted molar refractivity (Wildman–Crippen MR) is 130 cm³/mol. The normalized spacial score (nSPS) is 24.3. The molecular weight excluding hydrogens is 460 g/mol. The summed E-state index contributed by atoms with van der Waals surface area (Å²) in [5, 5.41) is -0.134. The van der Waals surface area contributed by atoms with Gasteiger partial charge in [0.15, 0.2) is 0 Å². The molecule has 1 saturated heterocycles. The Bertz CT molecular complexity index is 1140. The van der Waals surface area contributed by atoms with Gasteiger partial charge in [0.2, 0.25) is 10.0 Å². The number of rotatable bonds is 5. The van der Waals surface area contributed by atoms with Crippen molar-refractivity contribution >= 4 is 33.7 Å². The third kappa shape index (κ3) is 5.31. The number of pyridine rings is 1. The zero-order valence-electron chi connectivity index (χ0n) is 18.9. The Labute approximate surface area is 200 Å². The van der Waals surface area contributed by atoms with Gasteiger partial charge in [0.1, 0.15) is 0 Å². The van der Waals surface area contributed by atoms with Crippen molar-refractivity contribution in [2.75, 3.05) is 26.0 Å². The Hall–Kier alpha value is -2.22. The minimum Gasteiger partial charge on any atom is -0.463 e. The second-order valence-corrected chi connectivity index (χ2v) is 11.2. The summed E-state index contributed by atoms with van der Waals surface area (Å²) >= 11 is 6.53. The van der Waals surface area contributed by atoms with E-state index in [0.29, 0.717) is 26.1 Å². The van der Waals surface area contributed by atoms with Gasteiger partial charge in [-0.25, -0.2) is 17.5 Å². The average molecular weight is 489 g/mol. The van der Waals surface area contributed by atoms with E-state index in [1.807, 2.05) is 30.5 Å². The molecule has 0 amide bonds. The van der Waals surface area contributed by atoms with Crippen molar-refractivity contribution < 1.29 is 17.9 Å². The Kier molecular flexibility index (Phi) is 7.22. The van der Waals surface area contributed by atoms with Gasteiger partial charge < -0.3 is 4.74 Å². The second kappa shape index (κ2) is 9.95. The summed E-state index contributed by atoms with van der Waals surface area (Å²) in [6.45, 7) is 3.12. The molecule has 3 aliphatic rings. The number of allylic oxidation sites excluding steroid dienone is 6. The quantitative estimate of drug-likeness (QED) is 0.352. The van der Waals surface area contributed by atoms with Crippen LogP contribution in [0.4, 0.5) is 0 Å². The van der Waals surface area contributed by atoms with E-state index in [1.165, 1.54) is 12.3 Å². The molecule has 1 fully saturated rings. The molecule has 6 nitrogen and oxygen atoms in total. The van der Waals surface area contributed by atoms with E-state index in [2.05, 4.69) is 12.2 Å². The van der Waals surface area contributed by atoms with Gasteiger partial charge >= 0.3 is 5.97 Å². The molecule has 2 unspecified atom stereocenters. The minimum absolute atomic E-state index is 0.0306. The van der Waals surface area contributed by atoms with E-state index < -0.39 is 10.0 Å². The maximum atomic E-state index is 12.0. The summed E-state index contributed by atoms with van der Waals surface area (Å²) in [5.41, 5.74) is 5.18. The molecule has 1 aromatic rings. The summed E-state index contributed by atoms with van der Waals surface area (Å²) in [4.78, 5) is 16.8. The van der Waals surface area contributed by atoms with Crippen LogP contribution >= 0.6 is 11.6 Å². The molecule has 0 radical (unpaired) electrons. The van der Waals surface area contributed by atoms with Crippen molar-refractivity contribution in [2.24, 2.45) is 5.92 Å². The fourth-order valence-electron chi connectivity index (χ4n) is 4.99. The monoisotopic (exact) mass is 488 g/mol. The number of esters is 1.